The molecule has 0 aromatic heterocycles. The zero-order chi connectivity index (χ0) is 15.2. The average Bonchev–Trinajstić information content (AvgIpc) is 2.38. The number of rotatable bonds is 8. The zero-order valence-corrected chi connectivity index (χ0v) is 13.2. The van der Waals surface area contributed by atoms with Gasteiger partial charge in [-0.2, -0.15) is 0 Å². The lowest BCUT2D eigenvalue weighted by molar-refractivity contribution is 0.416. The molecule has 6 heteroatoms. The van der Waals surface area contributed by atoms with Crippen molar-refractivity contribution in [2.45, 2.75) is 50.5 Å². The highest BCUT2D eigenvalue weighted by molar-refractivity contribution is 7.89. The normalized spacial score (nSPS) is 13.2. The van der Waals surface area contributed by atoms with E-state index in [1.54, 1.807) is 6.07 Å². The van der Waals surface area contributed by atoms with Gasteiger partial charge in [-0.15, -0.1) is 0 Å². The van der Waals surface area contributed by atoms with Crippen molar-refractivity contribution in [3.63, 3.8) is 0 Å². The Morgan fingerprint density at radius 2 is 2.05 bits per heavy atom. The molecule has 1 unspecified atom stereocenters. The van der Waals surface area contributed by atoms with Gasteiger partial charge in [0.15, 0.2) is 0 Å². The molecule has 0 saturated carbocycles. The number of hydrogen-bond donors (Lipinski definition) is 2. The van der Waals surface area contributed by atoms with E-state index in [0.717, 1.165) is 25.7 Å². The minimum Gasteiger partial charge on any atom is -0.495 e. The number of methoxy groups -OCH3 is 1. The van der Waals surface area contributed by atoms with E-state index < -0.39 is 10.0 Å². The Hall–Kier alpha value is -1.27. The molecule has 1 aromatic carbocycles. The third kappa shape index (κ3) is 4.68. The summed E-state index contributed by atoms with van der Waals surface area (Å²) in [5.74, 6) is 0.472. The van der Waals surface area contributed by atoms with Crippen LogP contribution >= 0.6 is 0 Å². The third-order valence-electron chi connectivity index (χ3n) is 3.11. The lowest BCUT2D eigenvalue weighted by atomic mass is 10.1. The number of anilines is 1. The molecule has 0 spiro atoms. The van der Waals surface area contributed by atoms with Crippen LogP contribution in [0.15, 0.2) is 23.1 Å². The number of sulfonamides is 1. The standard InChI is InChI=1S/C14H24N2O3S/c1-4-5-6-7-11(2)16-20(17,18)12-8-9-14(19-3)13(15)10-12/h8-11,16H,4-7,15H2,1-3H3. The second-order valence-corrected chi connectivity index (χ2v) is 6.64. The molecule has 3 N–H and O–H groups in total. The van der Waals surface area contributed by atoms with Gasteiger partial charge in [0.1, 0.15) is 5.75 Å². The van der Waals surface area contributed by atoms with Gasteiger partial charge in [-0.05, 0) is 31.5 Å². The lowest BCUT2D eigenvalue weighted by Crippen LogP contribution is -2.32. The highest BCUT2D eigenvalue weighted by atomic mass is 32.2. The van der Waals surface area contributed by atoms with Crippen molar-refractivity contribution in [1.29, 1.82) is 0 Å². The van der Waals surface area contributed by atoms with E-state index in [1.165, 1.54) is 19.2 Å². The molecule has 0 amide bonds. The van der Waals surface area contributed by atoms with Crippen LogP contribution in [0.4, 0.5) is 5.69 Å². The molecule has 1 rings (SSSR count). The number of nitrogens with two attached hydrogens (primary N) is 1. The van der Waals surface area contributed by atoms with Gasteiger partial charge in [0.25, 0.3) is 0 Å². The maximum atomic E-state index is 12.2. The summed E-state index contributed by atoms with van der Waals surface area (Å²) in [6.07, 6.45) is 4.08. The highest BCUT2D eigenvalue weighted by Gasteiger charge is 2.18. The topological polar surface area (TPSA) is 81.4 Å². The molecule has 0 saturated heterocycles. The Labute approximate surface area is 121 Å². The number of ether oxygens (including phenoxy) is 1. The average molecular weight is 300 g/mol. The van der Waals surface area contributed by atoms with E-state index >= 15 is 0 Å². The molecule has 0 aliphatic heterocycles. The Balaban J connectivity index is 2.75. The molecule has 0 fully saturated rings. The van der Waals surface area contributed by atoms with Gasteiger partial charge < -0.3 is 10.5 Å². The molecule has 20 heavy (non-hydrogen) atoms. The smallest absolute Gasteiger partial charge is 0.240 e. The van der Waals surface area contributed by atoms with E-state index in [4.69, 9.17) is 10.5 Å². The van der Waals surface area contributed by atoms with Crippen molar-refractivity contribution < 1.29 is 13.2 Å². The SMILES string of the molecule is CCCCCC(C)NS(=O)(=O)c1ccc(OC)c(N)c1. The van der Waals surface area contributed by atoms with Gasteiger partial charge in [-0.3, -0.25) is 0 Å². The van der Waals surface area contributed by atoms with Crippen molar-refractivity contribution in [2.24, 2.45) is 0 Å². The number of unbranched alkanes of at least 4 members (excludes halogenated alkanes) is 2. The predicted octanol–water partition coefficient (Wildman–Crippen LogP) is 2.52. The van der Waals surface area contributed by atoms with E-state index in [2.05, 4.69) is 11.6 Å². The van der Waals surface area contributed by atoms with Crippen molar-refractivity contribution in [1.82, 2.24) is 4.72 Å². The molecular formula is C14H24N2O3S. The molecule has 0 aliphatic rings. The summed E-state index contributed by atoms with van der Waals surface area (Å²) in [7, 11) is -2.04. The van der Waals surface area contributed by atoms with E-state index in [9.17, 15) is 8.42 Å². The van der Waals surface area contributed by atoms with Crippen molar-refractivity contribution >= 4 is 15.7 Å². The first-order valence-corrected chi connectivity index (χ1v) is 8.35. The summed E-state index contributed by atoms with van der Waals surface area (Å²) in [5.41, 5.74) is 6.05. The van der Waals surface area contributed by atoms with Crippen LogP contribution in [0, 0.1) is 0 Å². The molecular weight excluding hydrogens is 276 g/mol. The van der Waals surface area contributed by atoms with E-state index in [-0.39, 0.29) is 10.9 Å². The second-order valence-electron chi connectivity index (χ2n) is 4.92. The quantitative estimate of drug-likeness (QED) is 0.571. The Bertz CT molecular complexity index is 529. The number of benzene rings is 1. The Morgan fingerprint density at radius 3 is 2.60 bits per heavy atom. The second kappa shape index (κ2) is 7.50. The molecule has 1 aromatic rings. The van der Waals surface area contributed by atoms with Crippen LogP contribution in [0.2, 0.25) is 0 Å². The van der Waals surface area contributed by atoms with Crippen molar-refractivity contribution in [3.8, 4) is 5.75 Å². The Kier molecular flexibility index (Phi) is 6.29. The summed E-state index contributed by atoms with van der Waals surface area (Å²) in [4.78, 5) is 0.165. The van der Waals surface area contributed by atoms with Crippen LogP contribution in [0.1, 0.15) is 39.5 Å². The van der Waals surface area contributed by atoms with Gasteiger partial charge in [0.2, 0.25) is 10.0 Å². The monoisotopic (exact) mass is 300 g/mol. The van der Waals surface area contributed by atoms with Crippen molar-refractivity contribution in [3.05, 3.63) is 18.2 Å². The summed E-state index contributed by atoms with van der Waals surface area (Å²) in [5, 5.41) is 0. The first-order valence-electron chi connectivity index (χ1n) is 6.86. The van der Waals surface area contributed by atoms with Crippen LogP contribution in [-0.4, -0.2) is 21.6 Å². The summed E-state index contributed by atoms with van der Waals surface area (Å²) < 4.78 is 32.1. The molecule has 0 radical (unpaired) electrons. The maximum absolute atomic E-state index is 12.2. The van der Waals surface area contributed by atoms with E-state index in [0.29, 0.717) is 11.4 Å². The zero-order valence-electron chi connectivity index (χ0n) is 12.3. The van der Waals surface area contributed by atoms with Gasteiger partial charge >= 0.3 is 0 Å². The molecule has 114 valence electrons. The third-order valence-corrected chi connectivity index (χ3v) is 4.70. The highest BCUT2D eigenvalue weighted by Crippen LogP contribution is 2.24. The minimum atomic E-state index is -3.53. The molecule has 0 bridgehead atoms. The minimum absolute atomic E-state index is 0.0881. The van der Waals surface area contributed by atoms with Gasteiger partial charge in [-0.25, -0.2) is 13.1 Å². The van der Waals surface area contributed by atoms with Crippen LogP contribution in [0.3, 0.4) is 0 Å². The van der Waals surface area contributed by atoms with Gasteiger partial charge in [0.05, 0.1) is 17.7 Å². The first kappa shape index (κ1) is 16.8. The molecule has 1 atom stereocenters. The van der Waals surface area contributed by atoms with Crippen LogP contribution in [-0.2, 0) is 10.0 Å². The summed E-state index contributed by atoms with van der Waals surface area (Å²) in [6.45, 7) is 4.00. The van der Waals surface area contributed by atoms with E-state index in [1.807, 2.05) is 6.92 Å². The van der Waals surface area contributed by atoms with Crippen LogP contribution in [0.5, 0.6) is 5.75 Å². The molecule has 5 nitrogen and oxygen atoms in total. The van der Waals surface area contributed by atoms with Gasteiger partial charge in [0, 0.05) is 6.04 Å². The summed E-state index contributed by atoms with van der Waals surface area (Å²) >= 11 is 0. The maximum Gasteiger partial charge on any atom is 0.240 e. The Morgan fingerprint density at radius 1 is 1.35 bits per heavy atom. The fourth-order valence-electron chi connectivity index (χ4n) is 1.97. The predicted molar refractivity (Wildman–Crippen MR) is 81.3 cm³/mol. The van der Waals surface area contributed by atoms with Gasteiger partial charge in [-0.1, -0.05) is 26.2 Å². The number of nitrogen functional groups attached to an aromatic ring is 1. The lowest BCUT2D eigenvalue weighted by Gasteiger charge is -2.15. The summed E-state index contributed by atoms with van der Waals surface area (Å²) in [6, 6.07) is 4.39. The fourth-order valence-corrected chi connectivity index (χ4v) is 3.28. The fraction of sp³-hybridized carbons (Fsp3) is 0.571. The largest absolute Gasteiger partial charge is 0.495 e. The molecule has 0 aliphatic carbocycles. The van der Waals surface area contributed by atoms with Crippen molar-refractivity contribution in [2.75, 3.05) is 12.8 Å². The first-order chi connectivity index (χ1) is 9.40. The molecule has 0 heterocycles. The number of nitrogens with one attached hydrogen (secondary N) is 1. The van der Waals surface area contributed by atoms with Crippen LogP contribution in [0.25, 0.3) is 0 Å². The van der Waals surface area contributed by atoms with Crippen LogP contribution < -0.4 is 15.2 Å². The number of hydrogen-bond acceptors (Lipinski definition) is 4.